The summed E-state index contributed by atoms with van der Waals surface area (Å²) in [5.74, 6) is 0.587. The van der Waals surface area contributed by atoms with Gasteiger partial charge in [0.05, 0.1) is 17.7 Å². The van der Waals surface area contributed by atoms with Crippen molar-refractivity contribution in [1.82, 2.24) is 10.3 Å². The van der Waals surface area contributed by atoms with Crippen molar-refractivity contribution in [3.05, 3.63) is 77.3 Å². The molecule has 0 atom stereocenters. The molecule has 0 spiro atoms. The monoisotopic (exact) mass is 421 g/mol. The number of fused-ring (bicyclic) bond motifs is 2. The van der Waals surface area contributed by atoms with Crippen molar-refractivity contribution >= 4 is 56.3 Å². The van der Waals surface area contributed by atoms with Crippen molar-refractivity contribution < 1.29 is 39.1 Å². The van der Waals surface area contributed by atoms with E-state index in [4.69, 9.17) is 4.74 Å². The third-order valence-electron chi connectivity index (χ3n) is 4.76. The van der Waals surface area contributed by atoms with Gasteiger partial charge in [0.25, 0.3) is 5.91 Å². The average molecular weight is 421 g/mol. The molecule has 1 aliphatic rings. The fourth-order valence-corrected chi connectivity index (χ4v) is 4.23. The molecule has 4 aromatic rings. The minimum Gasteiger partial charge on any atom is -0.664 e. The van der Waals surface area contributed by atoms with Crippen LogP contribution in [0.25, 0.3) is 27.8 Å². The molecule has 0 saturated carbocycles. The van der Waals surface area contributed by atoms with Gasteiger partial charge in [-0.25, -0.2) is 4.99 Å². The Balaban J connectivity index is 0.00000218. The maximum Gasteiger partial charge on any atom is 1.00 e. The van der Waals surface area contributed by atoms with E-state index in [0.717, 1.165) is 38.7 Å². The summed E-state index contributed by atoms with van der Waals surface area (Å²) >= 11 is 1.32. The van der Waals surface area contributed by atoms with Crippen LogP contribution in [0.4, 0.5) is 5.69 Å². The van der Waals surface area contributed by atoms with Crippen molar-refractivity contribution in [3.63, 3.8) is 0 Å². The van der Waals surface area contributed by atoms with Crippen LogP contribution in [-0.4, -0.2) is 18.2 Å². The van der Waals surface area contributed by atoms with E-state index in [-0.39, 0.29) is 35.5 Å². The number of amides is 1. The number of ether oxygens (including phenoxy) is 1. The number of benzene rings is 3. The van der Waals surface area contributed by atoms with Gasteiger partial charge in [-0.1, -0.05) is 48.5 Å². The molecule has 0 aliphatic carbocycles. The summed E-state index contributed by atoms with van der Waals surface area (Å²) in [6, 6.07) is 19.7. The van der Waals surface area contributed by atoms with Crippen LogP contribution >= 0.6 is 11.8 Å². The van der Waals surface area contributed by atoms with Crippen molar-refractivity contribution in [2.75, 3.05) is 7.11 Å². The molecule has 1 fully saturated rings. The summed E-state index contributed by atoms with van der Waals surface area (Å²) in [6.45, 7) is 0. The molecule has 2 heterocycles. The molecule has 0 unspecified atom stereocenters. The standard InChI is InChI=1S/C23H16N3O2S.Na/c1-28-21-16(7-6-14-4-2-3-5-18(14)21)13-20-22(27)26-23(29-20)25-17-8-9-19-15(12-17)10-11-24-19;/h2-13H,1H3,(H,25,26,27);/q-1;+1. The minimum atomic E-state index is -0.167. The van der Waals surface area contributed by atoms with Crippen molar-refractivity contribution in [1.29, 1.82) is 0 Å². The van der Waals surface area contributed by atoms with E-state index in [1.54, 1.807) is 13.3 Å². The number of thioether (sulfide) groups is 1. The van der Waals surface area contributed by atoms with Gasteiger partial charge in [-0.05, 0) is 40.7 Å². The fourth-order valence-electron chi connectivity index (χ4n) is 3.40. The van der Waals surface area contributed by atoms with Gasteiger partial charge < -0.3 is 15.0 Å². The average Bonchev–Trinajstić information content (AvgIpc) is 3.33. The Bertz CT molecular complexity index is 1330. The second-order valence-electron chi connectivity index (χ2n) is 6.58. The number of aliphatic imine (C=N–C) groups is 1. The number of hydrogen-bond donors (Lipinski definition) is 1. The molecule has 5 nitrogen and oxygen atoms in total. The molecule has 0 bridgehead atoms. The van der Waals surface area contributed by atoms with Gasteiger partial charge in [-0.2, -0.15) is 6.20 Å². The van der Waals surface area contributed by atoms with E-state index >= 15 is 0 Å². The SMILES string of the molecule is COc1c(C=C2SC(=Nc3ccc4[n-]ccc4c3)NC2=O)ccc2ccccc12.[Na+]. The number of amidine groups is 1. The third kappa shape index (κ3) is 3.91. The van der Waals surface area contributed by atoms with Crippen LogP contribution in [0.5, 0.6) is 5.75 Å². The van der Waals surface area contributed by atoms with E-state index in [9.17, 15) is 4.79 Å². The molecule has 1 aliphatic heterocycles. The van der Waals surface area contributed by atoms with Crippen molar-refractivity contribution in [3.8, 4) is 5.75 Å². The van der Waals surface area contributed by atoms with Gasteiger partial charge in [-0.15, -0.1) is 5.52 Å². The number of nitrogens with zero attached hydrogens (tertiary/aromatic N) is 2. The van der Waals surface area contributed by atoms with E-state index in [1.807, 2.05) is 66.7 Å². The van der Waals surface area contributed by atoms with E-state index in [2.05, 4.69) is 15.3 Å². The molecule has 7 heteroatoms. The molecule has 0 radical (unpaired) electrons. The molecular weight excluding hydrogens is 405 g/mol. The first-order valence-electron chi connectivity index (χ1n) is 9.08. The van der Waals surface area contributed by atoms with Crippen molar-refractivity contribution in [2.45, 2.75) is 0 Å². The van der Waals surface area contributed by atoms with Crippen LogP contribution in [0, 0.1) is 0 Å². The first kappa shape index (κ1) is 20.8. The van der Waals surface area contributed by atoms with Gasteiger partial charge in [-0.3, -0.25) is 4.79 Å². The maximum absolute atomic E-state index is 12.5. The normalized spacial score (nSPS) is 16.2. The predicted molar refractivity (Wildman–Crippen MR) is 119 cm³/mol. The third-order valence-corrected chi connectivity index (χ3v) is 5.67. The van der Waals surface area contributed by atoms with Crippen LogP contribution in [0.3, 0.4) is 0 Å². The van der Waals surface area contributed by atoms with Gasteiger partial charge in [0.15, 0.2) is 5.17 Å². The Morgan fingerprint density at radius 3 is 2.80 bits per heavy atom. The summed E-state index contributed by atoms with van der Waals surface area (Å²) in [5.41, 5.74) is 2.56. The second-order valence-corrected chi connectivity index (χ2v) is 7.61. The van der Waals surface area contributed by atoms with E-state index in [1.165, 1.54) is 11.8 Å². The van der Waals surface area contributed by atoms with Gasteiger partial charge in [0.2, 0.25) is 0 Å². The number of rotatable bonds is 3. The first-order valence-corrected chi connectivity index (χ1v) is 9.90. The molecule has 3 aromatic carbocycles. The Hall–Kier alpha value is -2.51. The molecule has 5 rings (SSSR count). The number of methoxy groups -OCH3 is 1. The Morgan fingerprint density at radius 2 is 1.93 bits per heavy atom. The maximum atomic E-state index is 12.5. The summed E-state index contributed by atoms with van der Waals surface area (Å²) in [4.78, 5) is 21.9. The van der Waals surface area contributed by atoms with Crippen LogP contribution in [0.15, 0.2) is 76.8 Å². The van der Waals surface area contributed by atoms with Crippen LogP contribution in [0.1, 0.15) is 5.56 Å². The smallest absolute Gasteiger partial charge is 0.664 e. The fraction of sp³-hybridized carbons (Fsp3) is 0.0435. The zero-order valence-corrected chi connectivity index (χ0v) is 19.4. The zero-order valence-electron chi connectivity index (χ0n) is 16.5. The van der Waals surface area contributed by atoms with Gasteiger partial charge in [0, 0.05) is 10.9 Å². The van der Waals surface area contributed by atoms with Crippen LogP contribution in [-0.2, 0) is 4.79 Å². The summed E-state index contributed by atoms with van der Waals surface area (Å²) in [6.07, 6.45) is 3.61. The number of hydrogen-bond acceptors (Lipinski definition) is 4. The quantitative estimate of drug-likeness (QED) is 0.405. The van der Waals surface area contributed by atoms with Gasteiger partial charge >= 0.3 is 29.6 Å². The van der Waals surface area contributed by atoms with Crippen LogP contribution in [0.2, 0.25) is 0 Å². The molecule has 1 N–H and O–H groups in total. The van der Waals surface area contributed by atoms with Crippen molar-refractivity contribution in [2.24, 2.45) is 4.99 Å². The Labute approximate surface area is 199 Å². The predicted octanol–water partition coefficient (Wildman–Crippen LogP) is 1.85. The number of carbonyl (C=O) groups excluding carboxylic acids is 1. The summed E-state index contributed by atoms with van der Waals surface area (Å²) < 4.78 is 5.64. The summed E-state index contributed by atoms with van der Waals surface area (Å²) in [7, 11) is 1.65. The molecule has 1 amide bonds. The molecular formula is C23H16N3NaO2S. The Morgan fingerprint density at radius 1 is 1.07 bits per heavy atom. The van der Waals surface area contributed by atoms with E-state index in [0.29, 0.717) is 10.1 Å². The van der Waals surface area contributed by atoms with E-state index < -0.39 is 0 Å². The molecule has 1 saturated heterocycles. The number of nitrogens with one attached hydrogen (secondary N) is 1. The molecule has 1 aromatic heterocycles. The number of aromatic nitrogens is 1. The zero-order chi connectivity index (χ0) is 19.8. The minimum absolute atomic E-state index is 0. The Kier molecular flexibility index (Phi) is 6.01. The number of carbonyl (C=O) groups is 1. The largest absolute Gasteiger partial charge is 1.00 e. The molecule has 142 valence electrons. The molecule has 30 heavy (non-hydrogen) atoms. The van der Waals surface area contributed by atoms with Crippen LogP contribution < -0.4 is 44.6 Å². The second kappa shape index (κ2) is 8.70. The van der Waals surface area contributed by atoms with Gasteiger partial charge in [0.1, 0.15) is 5.75 Å². The summed E-state index contributed by atoms with van der Waals surface area (Å²) in [5, 5.41) is 6.52. The first-order chi connectivity index (χ1) is 14.2. The topological polar surface area (TPSA) is 64.8 Å².